The van der Waals surface area contributed by atoms with Crippen LogP contribution in [0.1, 0.15) is 29.5 Å². The largest absolute Gasteiger partial charge is 0.394 e. The van der Waals surface area contributed by atoms with Gasteiger partial charge in [-0.1, -0.05) is 0 Å². The summed E-state index contributed by atoms with van der Waals surface area (Å²) in [4.78, 5) is 10.5. The molecule has 0 heterocycles. The Bertz CT molecular complexity index is 708. The van der Waals surface area contributed by atoms with Crippen molar-refractivity contribution in [2.75, 3.05) is 6.61 Å². The van der Waals surface area contributed by atoms with Crippen molar-refractivity contribution in [2.24, 2.45) is 0 Å². The molecule has 1 aromatic carbocycles. The monoisotopic (exact) mass is 314 g/mol. The van der Waals surface area contributed by atoms with E-state index in [1.807, 2.05) is 0 Å². The Hall–Kier alpha value is -1.51. The van der Waals surface area contributed by atoms with Crippen molar-refractivity contribution in [3.8, 4) is 0 Å². The minimum Gasteiger partial charge on any atom is -0.394 e. The van der Waals surface area contributed by atoms with E-state index in [4.69, 9.17) is 0 Å². The summed E-state index contributed by atoms with van der Waals surface area (Å²) in [6.07, 6.45) is 1.13. The fraction of sp³-hybridized carbons (Fsp3) is 0.538. The zero-order chi connectivity index (χ0) is 16.0. The molecule has 21 heavy (non-hydrogen) atoms. The molecule has 1 fully saturated rings. The summed E-state index contributed by atoms with van der Waals surface area (Å²) in [5.41, 5.74) is 0.0137. The average molecular weight is 314 g/mol. The zero-order valence-corrected chi connectivity index (χ0v) is 13.0. The summed E-state index contributed by atoms with van der Waals surface area (Å²) < 4.78 is 27.5. The van der Waals surface area contributed by atoms with E-state index in [9.17, 15) is 23.6 Å². The van der Waals surface area contributed by atoms with Crippen LogP contribution in [0.25, 0.3) is 0 Å². The summed E-state index contributed by atoms with van der Waals surface area (Å²) in [6, 6.07) is 1.50. The van der Waals surface area contributed by atoms with Crippen LogP contribution < -0.4 is 4.72 Å². The van der Waals surface area contributed by atoms with Crippen LogP contribution in [-0.4, -0.2) is 30.6 Å². The van der Waals surface area contributed by atoms with Crippen molar-refractivity contribution in [3.05, 3.63) is 32.9 Å². The van der Waals surface area contributed by atoms with E-state index in [-0.39, 0.29) is 22.8 Å². The second-order valence-electron chi connectivity index (χ2n) is 5.61. The molecule has 1 aromatic rings. The van der Waals surface area contributed by atoms with E-state index in [2.05, 4.69) is 4.72 Å². The van der Waals surface area contributed by atoms with Gasteiger partial charge in [0.1, 0.15) is 0 Å². The predicted molar refractivity (Wildman–Crippen MR) is 76.7 cm³/mol. The second kappa shape index (κ2) is 5.04. The van der Waals surface area contributed by atoms with Crippen molar-refractivity contribution in [3.63, 3.8) is 0 Å². The molecular weight excluding hydrogens is 296 g/mol. The van der Waals surface area contributed by atoms with Crippen LogP contribution in [0, 0.1) is 30.9 Å². The van der Waals surface area contributed by atoms with Gasteiger partial charge in [0, 0.05) is 11.1 Å². The lowest BCUT2D eigenvalue weighted by atomic mass is 10.1. The number of aliphatic hydroxyl groups is 1. The van der Waals surface area contributed by atoms with Gasteiger partial charge in [0.15, 0.2) is 0 Å². The summed E-state index contributed by atoms with van der Waals surface area (Å²) in [5.74, 6) is 0. The smallest absolute Gasteiger partial charge is 0.276 e. The van der Waals surface area contributed by atoms with Crippen LogP contribution >= 0.6 is 0 Å². The Kier molecular flexibility index (Phi) is 3.81. The van der Waals surface area contributed by atoms with Crippen LogP contribution in [0.4, 0.5) is 5.69 Å². The van der Waals surface area contributed by atoms with Crippen LogP contribution in [0.5, 0.6) is 0 Å². The highest BCUT2D eigenvalue weighted by molar-refractivity contribution is 7.89. The third-order valence-electron chi connectivity index (χ3n) is 3.82. The molecule has 0 bridgehead atoms. The predicted octanol–water partition coefficient (Wildman–Crippen LogP) is 1.32. The van der Waals surface area contributed by atoms with E-state index < -0.39 is 20.5 Å². The maximum atomic E-state index is 12.5. The van der Waals surface area contributed by atoms with Gasteiger partial charge in [-0.15, -0.1) is 0 Å². The molecule has 2 rings (SSSR count). The van der Waals surface area contributed by atoms with Crippen molar-refractivity contribution >= 4 is 15.7 Å². The number of nitrogens with one attached hydrogen (secondary N) is 1. The summed E-state index contributed by atoms with van der Waals surface area (Å²) >= 11 is 0. The number of aliphatic hydroxyl groups excluding tert-OH is 1. The van der Waals surface area contributed by atoms with E-state index >= 15 is 0 Å². The molecule has 2 N–H and O–H groups in total. The fourth-order valence-electron chi connectivity index (χ4n) is 2.63. The number of nitro groups is 1. The van der Waals surface area contributed by atoms with Crippen LogP contribution in [0.15, 0.2) is 11.0 Å². The molecule has 116 valence electrons. The van der Waals surface area contributed by atoms with Crippen LogP contribution in [-0.2, 0) is 10.0 Å². The lowest BCUT2D eigenvalue weighted by molar-refractivity contribution is -0.386. The van der Waals surface area contributed by atoms with Crippen molar-refractivity contribution in [2.45, 2.75) is 44.0 Å². The quantitative estimate of drug-likeness (QED) is 0.629. The highest BCUT2D eigenvalue weighted by Crippen LogP contribution is 2.38. The Morgan fingerprint density at radius 2 is 1.90 bits per heavy atom. The highest BCUT2D eigenvalue weighted by Gasteiger charge is 2.46. The number of benzene rings is 1. The van der Waals surface area contributed by atoms with Crippen molar-refractivity contribution in [1.29, 1.82) is 0 Å². The van der Waals surface area contributed by atoms with E-state index in [0.29, 0.717) is 24.0 Å². The minimum atomic E-state index is -3.92. The molecule has 0 unspecified atom stereocenters. The van der Waals surface area contributed by atoms with E-state index in [1.165, 1.54) is 13.0 Å². The molecule has 1 aliphatic carbocycles. The number of hydrogen-bond donors (Lipinski definition) is 2. The first-order chi connectivity index (χ1) is 9.63. The molecule has 0 spiro atoms. The van der Waals surface area contributed by atoms with Crippen molar-refractivity contribution < 1.29 is 18.4 Å². The summed E-state index contributed by atoms with van der Waals surface area (Å²) in [5, 5.41) is 20.4. The first-order valence-electron chi connectivity index (χ1n) is 6.53. The maximum absolute atomic E-state index is 12.5. The Balaban J connectivity index is 2.58. The molecule has 1 aliphatic rings. The normalized spacial score (nSPS) is 16.8. The fourth-order valence-corrected chi connectivity index (χ4v) is 4.55. The van der Waals surface area contributed by atoms with E-state index in [0.717, 1.165) is 0 Å². The minimum absolute atomic E-state index is 0.0699. The number of nitro benzene ring substituents is 1. The number of sulfonamides is 1. The van der Waals surface area contributed by atoms with Gasteiger partial charge < -0.3 is 5.11 Å². The number of aryl methyl sites for hydroxylation is 2. The first-order valence-corrected chi connectivity index (χ1v) is 8.02. The van der Waals surface area contributed by atoms with E-state index in [1.54, 1.807) is 13.8 Å². The molecule has 0 radical (unpaired) electrons. The molecule has 1 saturated carbocycles. The third-order valence-corrected chi connectivity index (χ3v) is 5.69. The molecule has 8 heteroatoms. The first kappa shape index (κ1) is 15.9. The highest BCUT2D eigenvalue weighted by atomic mass is 32.2. The van der Waals surface area contributed by atoms with Crippen molar-refractivity contribution in [1.82, 2.24) is 4.72 Å². The average Bonchev–Trinajstić information content (AvgIpc) is 3.06. The van der Waals surface area contributed by atoms with Crippen LogP contribution in [0.2, 0.25) is 0 Å². The molecule has 0 saturated heterocycles. The number of hydrogen-bond acceptors (Lipinski definition) is 5. The SMILES string of the molecule is Cc1cc(C)c(S(=O)(=O)NC2(CO)CC2)c(C)c1[N+](=O)[O-]. The number of rotatable bonds is 5. The molecule has 0 amide bonds. The second-order valence-corrected chi connectivity index (χ2v) is 7.23. The van der Waals surface area contributed by atoms with Gasteiger partial charge in [-0.2, -0.15) is 0 Å². The molecule has 0 aromatic heterocycles. The van der Waals surface area contributed by atoms with Gasteiger partial charge in [0.2, 0.25) is 10.0 Å². The Labute approximate surface area is 123 Å². The van der Waals surface area contributed by atoms with Gasteiger partial charge in [-0.3, -0.25) is 10.1 Å². The maximum Gasteiger partial charge on any atom is 0.276 e. The molecule has 0 atom stereocenters. The summed E-state index contributed by atoms with van der Waals surface area (Å²) in [7, 11) is -3.92. The zero-order valence-electron chi connectivity index (χ0n) is 12.1. The molecule has 0 aliphatic heterocycles. The van der Waals surface area contributed by atoms with Crippen LogP contribution in [0.3, 0.4) is 0 Å². The summed E-state index contributed by atoms with van der Waals surface area (Å²) in [6.45, 7) is 4.35. The Morgan fingerprint density at radius 3 is 2.33 bits per heavy atom. The van der Waals surface area contributed by atoms with Gasteiger partial charge in [-0.25, -0.2) is 13.1 Å². The Morgan fingerprint density at radius 1 is 1.33 bits per heavy atom. The lowest BCUT2D eigenvalue weighted by Gasteiger charge is -2.18. The van der Waals surface area contributed by atoms with Gasteiger partial charge in [-0.05, 0) is 45.2 Å². The van der Waals surface area contributed by atoms with Gasteiger partial charge in [0.05, 0.1) is 22.0 Å². The molecular formula is C13H18N2O5S. The third kappa shape index (κ3) is 2.78. The van der Waals surface area contributed by atoms with Gasteiger partial charge in [0.25, 0.3) is 5.69 Å². The number of nitrogens with zero attached hydrogens (tertiary/aromatic N) is 1. The lowest BCUT2D eigenvalue weighted by Crippen LogP contribution is -2.40. The standard InChI is InChI=1S/C13H18N2O5S/c1-8-6-9(2)12(10(3)11(8)15(17)18)21(19,20)14-13(7-16)4-5-13/h6,14,16H,4-5,7H2,1-3H3. The molecule has 7 nitrogen and oxygen atoms in total. The topological polar surface area (TPSA) is 110 Å². The van der Waals surface area contributed by atoms with Gasteiger partial charge >= 0.3 is 0 Å².